The molecule has 2 aromatic heterocycles. The van der Waals surface area contributed by atoms with Crippen molar-refractivity contribution < 1.29 is 18.0 Å². The quantitative estimate of drug-likeness (QED) is 0.662. The van der Waals surface area contributed by atoms with Gasteiger partial charge < -0.3 is 10.2 Å². The molecule has 1 amide bonds. The zero-order chi connectivity index (χ0) is 22.5. The highest BCUT2D eigenvalue weighted by Gasteiger charge is 2.39. The summed E-state index contributed by atoms with van der Waals surface area (Å²) in [5.41, 5.74) is 0.417. The Morgan fingerprint density at radius 3 is 2.41 bits per heavy atom. The lowest BCUT2D eigenvalue weighted by atomic mass is 9.83. The number of aryl methyl sites for hydroxylation is 1. The van der Waals surface area contributed by atoms with E-state index in [1.807, 2.05) is 6.07 Å². The number of benzene rings is 1. The van der Waals surface area contributed by atoms with Crippen LogP contribution in [0.2, 0.25) is 0 Å². The third kappa shape index (κ3) is 3.49. The summed E-state index contributed by atoms with van der Waals surface area (Å²) >= 11 is 0. The lowest BCUT2D eigenvalue weighted by molar-refractivity contribution is -0.138. The molecule has 2 aliphatic rings. The normalized spacial score (nSPS) is 18.6. The van der Waals surface area contributed by atoms with Gasteiger partial charge in [0, 0.05) is 31.0 Å². The number of nitrogens with zero attached hydrogens (tertiary/aromatic N) is 5. The first-order valence-electron chi connectivity index (χ1n) is 10.5. The molecule has 1 N–H and O–H groups in total. The molecule has 0 radical (unpaired) electrons. The number of carbonyl (C=O) groups excluding carboxylic acids is 1. The molecule has 0 unspecified atom stereocenters. The molecule has 0 spiro atoms. The largest absolute Gasteiger partial charge is 0.416 e. The van der Waals surface area contributed by atoms with Crippen LogP contribution in [0.1, 0.15) is 47.6 Å². The molecule has 10 heteroatoms. The van der Waals surface area contributed by atoms with Gasteiger partial charge in [-0.1, -0.05) is 18.2 Å². The standard InChI is InChI=1S/C22H21F3N6O/c1-13-20-15(14-6-2-3-7-16(14)22(23,24)25)12-19(32)26-21(20)31(29-13)18-9-8-17(27-28-18)30-10-4-5-11-30/h2-3,6-9,15H,4-5,10-12H2,1H3,(H,26,32)/t15-/m1/s1. The number of aromatic nitrogens is 4. The van der Waals surface area contributed by atoms with Gasteiger partial charge in [-0.05, 0) is 43.5 Å². The van der Waals surface area contributed by atoms with Gasteiger partial charge in [0.15, 0.2) is 11.6 Å². The van der Waals surface area contributed by atoms with E-state index in [-0.39, 0.29) is 17.9 Å². The van der Waals surface area contributed by atoms with Crippen molar-refractivity contribution in [1.29, 1.82) is 0 Å². The summed E-state index contributed by atoms with van der Waals surface area (Å²) in [7, 11) is 0. The maximum absolute atomic E-state index is 13.7. The van der Waals surface area contributed by atoms with Crippen LogP contribution in [0, 0.1) is 6.92 Å². The van der Waals surface area contributed by atoms with Crippen molar-refractivity contribution in [2.45, 2.75) is 38.3 Å². The van der Waals surface area contributed by atoms with Crippen LogP contribution in [0.5, 0.6) is 0 Å². The summed E-state index contributed by atoms with van der Waals surface area (Å²) in [5.74, 6) is 0.362. The van der Waals surface area contributed by atoms with Crippen LogP contribution in [0.25, 0.3) is 5.82 Å². The van der Waals surface area contributed by atoms with E-state index in [0.29, 0.717) is 22.9 Å². The first kappa shape index (κ1) is 20.5. The van der Waals surface area contributed by atoms with E-state index in [1.165, 1.54) is 16.8 Å². The number of carbonyl (C=O) groups is 1. The predicted octanol–water partition coefficient (Wildman–Crippen LogP) is 4.06. The number of amides is 1. The van der Waals surface area contributed by atoms with Crippen molar-refractivity contribution in [3.05, 3.63) is 58.8 Å². The van der Waals surface area contributed by atoms with Crippen LogP contribution in [0.15, 0.2) is 36.4 Å². The predicted molar refractivity (Wildman–Crippen MR) is 112 cm³/mol. The second-order valence-corrected chi connectivity index (χ2v) is 8.09. The van der Waals surface area contributed by atoms with Crippen molar-refractivity contribution in [1.82, 2.24) is 20.0 Å². The van der Waals surface area contributed by atoms with E-state index < -0.39 is 17.7 Å². The zero-order valence-corrected chi connectivity index (χ0v) is 17.4. The Labute approximate surface area is 182 Å². The van der Waals surface area contributed by atoms with Gasteiger partial charge in [-0.2, -0.15) is 23.0 Å². The molecule has 2 aliphatic heterocycles. The molecular weight excluding hydrogens is 421 g/mol. The molecule has 3 aromatic rings. The zero-order valence-electron chi connectivity index (χ0n) is 17.4. The summed E-state index contributed by atoms with van der Waals surface area (Å²) in [6.07, 6.45) is -2.39. The summed E-state index contributed by atoms with van der Waals surface area (Å²) in [4.78, 5) is 14.7. The SMILES string of the molecule is Cc1nn(-c2ccc(N3CCCC3)nn2)c2c1[C@@H](c1ccccc1C(F)(F)F)CC(=O)N2. The Balaban J connectivity index is 1.58. The number of hydrogen-bond acceptors (Lipinski definition) is 5. The highest BCUT2D eigenvalue weighted by molar-refractivity contribution is 5.95. The smallest absolute Gasteiger partial charge is 0.355 e. The Bertz CT molecular complexity index is 1170. The monoisotopic (exact) mass is 442 g/mol. The van der Waals surface area contributed by atoms with E-state index in [9.17, 15) is 18.0 Å². The van der Waals surface area contributed by atoms with Crippen molar-refractivity contribution in [3.63, 3.8) is 0 Å². The number of fused-ring (bicyclic) bond motifs is 1. The Hall–Kier alpha value is -3.43. The first-order chi connectivity index (χ1) is 15.3. The van der Waals surface area contributed by atoms with Crippen molar-refractivity contribution in [3.8, 4) is 5.82 Å². The number of hydrogen-bond donors (Lipinski definition) is 1. The minimum absolute atomic E-state index is 0.0641. The highest BCUT2D eigenvalue weighted by atomic mass is 19.4. The molecule has 32 heavy (non-hydrogen) atoms. The van der Waals surface area contributed by atoms with E-state index in [1.54, 1.807) is 19.1 Å². The molecule has 0 aliphatic carbocycles. The van der Waals surface area contributed by atoms with Gasteiger partial charge in [-0.15, -0.1) is 10.2 Å². The number of rotatable bonds is 3. The summed E-state index contributed by atoms with van der Waals surface area (Å²) in [6.45, 7) is 3.59. The fraction of sp³-hybridized carbons (Fsp3) is 0.364. The number of anilines is 2. The topological polar surface area (TPSA) is 75.9 Å². The van der Waals surface area contributed by atoms with Gasteiger partial charge in [0.05, 0.1) is 11.3 Å². The minimum Gasteiger partial charge on any atom is -0.355 e. The molecule has 1 aromatic carbocycles. The van der Waals surface area contributed by atoms with Gasteiger partial charge in [-0.3, -0.25) is 4.79 Å². The molecule has 1 atom stereocenters. The second-order valence-electron chi connectivity index (χ2n) is 8.09. The van der Waals surface area contributed by atoms with Crippen LogP contribution in [-0.2, 0) is 11.0 Å². The lowest BCUT2D eigenvalue weighted by Crippen LogP contribution is -2.26. The van der Waals surface area contributed by atoms with E-state index in [2.05, 4.69) is 25.5 Å². The fourth-order valence-corrected chi connectivity index (χ4v) is 4.58. The molecule has 7 nitrogen and oxygen atoms in total. The van der Waals surface area contributed by atoms with E-state index in [4.69, 9.17) is 0 Å². The Morgan fingerprint density at radius 2 is 1.72 bits per heavy atom. The molecule has 1 saturated heterocycles. The van der Waals surface area contributed by atoms with E-state index >= 15 is 0 Å². The average molecular weight is 442 g/mol. The number of halogens is 3. The summed E-state index contributed by atoms with van der Waals surface area (Å²) < 4.78 is 42.5. The van der Waals surface area contributed by atoms with Gasteiger partial charge in [0.1, 0.15) is 5.82 Å². The first-order valence-corrected chi connectivity index (χ1v) is 10.5. The number of alkyl halides is 3. The van der Waals surface area contributed by atoms with Crippen molar-refractivity contribution >= 4 is 17.5 Å². The molecule has 0 saturated carbocycles. The van der Waals surface area contributed by atoms with Crippen LogP contribution in [0.3, 0.4) is 0 Å². The third-order valence-corrected chi connectivity index (χ3v) is 6.03. The van der Waals surface area contributed by atoms with Crippen LogP contribution >= 0.6 is 0 Å². The molecule has 4 heterocycles. The second kappa shape index (κ2) is 7.61. The maximum atomic E-state index is 13.7. The molecular formula is C22H21F3N6O. The lowest BCUT2D eigenvalue weighted by Gasteiger charge is -2.26. The van der Waals surface area contributed by atoms with Crippen LogP contribution < -0.4 is 10.2 Å². The van der Waals surface area contributed by atoms with Gasteiger partial charge in [-0.25, -0.2) is 0 Å². The van der Waals surface area contributed by atoms with Crippen molar-refractivity contribution in [2.75, 3.05) is 23.3 Å². The molecule has 1 fully saturated rings. The minimum atomic E-state index is -4.52. The maximum Gasteiger partial charge on any atom is 0.416 e. The average Bonchev–Trinajstić information content (AvgIpc) is 3.41. The van der Waals surface area contributed by atoms with Gasteiger partial charge in [0.25, 0.3) is 0 Å². The number of nitrogens with one attached hydrogen (secondary N) is 1. The summed E-state index contributed by atoms with van der Waals surface area (Å²) in [6, 6.07) is 8.98. The van der Waals surface area contributed by atoms with Crippen LogP contribution in [-0.4, -0.2) is 39.0 Å². The fourth-order valence-electron chi connectivity index (χ4n) is 4.58. The Kier molecular flexibility index (Phi) is 4.87. The van der Waals surface area contributed by atoms with E-state index in [0.717, 1.165) is 37.8 Å². The Morgan fingerprint density at radius 1 is 1.03 bits per heavy atom. The molecule has 0 bridgehead atoms. The van der Waals surface area contributed by atoms with Gasteiger partial charge >= 0.3 is 6.18 Å². The third-order valence-electron chi connectivity index (χ3n) is 6.03. The molecule has 166 valence electrons. The van der Waals surface area contributed by atoms with Crippen LogP contribution in [0.4, 0.5) is 24.8 Å². The van der Waals surface area contributed by atoms with Crippen molar-refractivity contribution in [2.24, 2.45) is 0 Å². The van der Waals surface area contributed by atoms with Gasteiger partial charge in [0.2, 0.25) is 5.91 Å². The summed E-state index contributed by atoms with van der Waals surface area (Å²) in [5, 5.41) is 15.8. The highest BCUT2D eigenvalue weighted by Crippen LogP contribution is 2.44. The molecule has 5 rings (SSSR count).